The van der Waals surface area contributed by atoms with Gasteiger partial charge in [0, 0.05) is 11.6 Å². The summed E-state index contributed by atoms with van der Waals surface area (Å²) in [5.41, 5.74) is 8.72. The molecule has 1 unspecified atom stereocenters. The summed E-state index contributed by atoms with van der Waals surface area (Å²) in [4.78, 5) is 0. The standard InChI is InChI=1S/C10H13NO2/c1-6(11)9-2-7-4-13-5-8(7)3-10(9)12/h2-3,6,12H,4-5,11H2,1H3. The Labute approximate surface area is 77.1 Å². The van der Waals surface area contributed by atoms with Gasteiger partial charge in [-0.1, -0.05) is 0 Å². The highest BCUT2D eigenvalue weighted by molar-refractivity contribution is 5.43. The van der Waals surface area contributed by atoms with Gasteiger partial charge in [0.15, 0.2) is 0 Å². The molecule has 0 spiro atoms. The molecule has 0 aromatic heterocycles. The smallest absolute Gasteiger partial charge is 0.120 e. The lowest BCUT2D eigenvalue weighted by Gasteiger charge is -2.09. The second kappa shape index (κ2) is 3.01. The number of phenols is 1. The molecule has 1 aliphatic rings. The molecule has 1 aromatic carbocycles. The number of ether oxygens (including phenoxy) is 1. The monoisotopic (exact) mass is 179 g/mol. The summed E-state index contributed by atoms with van der Waals surface area (Å²) in [5, 5.41) is 9.61. The number of phenolic OH excluding ortho intramolecular Hbond substituents is 1. The Kier molecular flexibility index (Phi) is 1.98. The van der Waals surface area contributed by atoms with Crippen LogP contribution in [0.2, 0.25) is 0 Å². The quantitative estimate of drug-likeness (QED) is 0.686. The zero-order valence-electron chi connectivity index (χ0n) is 7.58. The molecule has 0 aliphatic carbocycles. The van der Waals surface area contributed by atoms with E-state index in [0.29, 0.717) is 13.2 Å². The van der Waals surface area contributed by atoms with Gasteiger partial charge in [0.2, 0.25) is 0 Å². The minimum atomic E-state index is -0.133. The maximum atomic E-state index is 9.61. The van der Waals surface area contributed by atoms with Crippen LogP contribution in [0.25, 0.3) is 0 Å². The van der Waals surface area contributed by atoms with E-state index in [9.17, 15) is 5.11 Å². The van der Waals surface area contributed by atoms with E-state index in [1.807, 2.05) is 13.0 Å². The first-order chi connectivity index (χ1) is 6.18. The van der Waals surface area contributed by atoms with Crippen molar-refractivity contribution in [1.29, 1.82) is 0 Å². The van der Waals surface area contributed by atoms with Crippen molar-refractivity contribution >= 4 is 0 Å². The third kappa shape index (κ3) is 1.41. The van der Waals surface area contributed by atoms with Gasteiger partial charge in [-0.25, -0.2) is 0 Å². The highest BCUT2D eigenvalue weighted by Gasteiger charge is 2.16. The van der Waals surface area contributed by atoms with Crippen LogP contribution >= 0.6 is 0 Å². The molecule has 0 bridgehead atoms. The van der Waals surface area contributed by atoms with Gasteiger partial charge in [-0.15, -0.1) is 0 Å². The molecule has 3 N–H and O–H groups in total. The molecule has 1 atom stereocenters. The van der Waals surface area contributed by atoms with Crippen molar-refractivity contribution < 1.29 is 9.84 Å². The minimum absolute atomic E-state index is 0.133. The zero-order chi connectivity index (χ0) is 9.42. The number of aromatic hydroxyl groups is 1. The van der Waals surface area contributed by atoms with Crippen LogP contribution in [0, 0.1) is 0 Å². The summed E-state index contributed by atoms with van der Waals surface area (Å²) >= 11 is 0. The van der Waals surface area contributed by atoms with Crippen LogP contribution in [-0.4, -0.2) is 5.11 Å². The molecule has 13 heavy (non-hydrogen) atoms. The molecular formula is C10H13NO2. The minimum Gasteiger partial charge on any atom is -0.508 e. The highest BCUT2D eigenvalue weighted by atomic mass is 16.5. The first-order valence-corrected chi connectivity index (χ1v) is 4.36. The summed E-state index contributed by atoms with van der Waals surface area (Å²) in [6.45, 7) is 3.09. The summed E-state index contributed by atoms with van der Waals surface area (Å²) < 4.78 is 5.25. The molecule has 1 heterocycles. The van der Waals surface area contributed by atoms with Gasteiger partial charge in [0.05, 0.1) is 13.2 Å². The Bertz CT molecular complexity index is 334. The predicted octanol–water partition coefficient (Wildman–Crippen LogP) is 1.44. The average molecular weight is 179 g/mol. The Morgan fingerprint density at radius 2 is 2.00 bits per heavy atom. The van der Waals surface area contributed by atoms with Gasteiger partial charge in [0.1, 0.15) is 5.75 Å². The van der Waals surface area contributed by atoms with Crippen molar-refractivity contribution in [2.24, 2.45) is 5.73 Å². The van der Waals surface area contributed by atoms with Crippen LogP contribution in [0.1, 0.15) is 29.7 Å². The van der Waals surface area contributed by atoms with Crippen LogP contribution in [0.4, 0.5) is 0 Å². The number of hydrogen-bond acceptors (Lipinski definition) is 3. The molecule has 1 aliphatic heterocycles. The highest BCUT2D eigenvalue weighted by Crippen LogP contribution is 2.30. The Balaban J connectivity index is 2.49. The number of hydrogen-bond donors (Lipinski definition) is 2. The van der Waals surface area contributed by atoms with Gasteiger partial charge < -0.3 is 15.6 Å². The molecule has 3 nitrogen and oxygen atoms in total. The molecule has 3 heteroatoms. The fourth-order valence-corrected chi connectivity index (χ4v) is 1.60. The van der Waals surface area contributed by atoms with E-state index >= 15 is 0 Å². The van der Waals surface area contributed by atoms with Gasteiger partial charge in [-0.2, -0.15) is 0 Å². The van der Waals surface area contributed by atoms with Crippen LogP contribution < -0.4 is 5.73 Å². The molecule has 0 radical (unpaired) electrons. The summed E-state index contributed by atoms with van der Waals surface area (Å²) in [7, 11) is 0. The topological polar surface area (TPSA) is 55.5 Å². The van der Waals surface area contributed by atoms with Gasteiger partial charge in [0.25, 0.3) is 0 Å². The Morgan fingerprint density at radius 3 is 2.62 bits per heavy atom. The molecule has 1 aromatic rings. The lowest BCUT2D eigenvalue weighted by molar-refractivity contribution is 0.134. The molecular weight excluding hydrogens is 166 g/mol. The van der Waals surface area contributed by atoms with E-state index < -0.39 is 0 Å². The van der Waals surface area contributed by atoms with Gasteiger partial charge in [-0.3, -0.25) is 0 Å². The molecule has 0 saturated heterocycles. The van der Waals surface area contributed by atoms with Crippen LogP contribution in [0.15, 0.2) is 12.1 Å². The van der Waals surface area contributed by atoms with E-state index in [4.69, 9.17) is 10.5 Å². The van der Waals surface area contributed by atoms with E-state index in [2.05, 4.69) is 0 Å². The molecule has 0 fully saturated rings. The molecule has 70 valence electrons. The van der Waals surface area contributed by atoms with E-state index in [1.54, 1.807) is 6.07 Å². The number of fused-ring (bicyclic) bond motifs is 1. The largest absolute Gasteiger partial charge is 0.508 e. The molecule has 0 amide bonds. The normalized spacial score (nSPS) is 17.1. The van der Waals surface area contributed by atoms with Crippen molar-refractivity contribution in [2.45, 2.75) is 26.2 Å². The van der Waals surface area contributed by atoms with E-state index in [1.165, 1.54) is 0 Å². The van der Waals surface area contributed by atoms with Crippen molar-refractivity contribution in [1.82, 2.24) is 0 Å². The zero-order valence-corrected chi connectivity index (χ0v) is 7.58. The summed E-state index contributed by atoms with van der Waals surface area (Å²) in [6.07, 6.45) is 0. The maximum Gasteiger partial charge on any atom is 0.120 e. The second-order valence-corrected chi connectivity index (χ2v) is 3.46. The van der Waals surface area contributed by atoms with Crippen molar-refractivity contribution in [3.63, 3.8) is 0 Å². The van der Waals surface area contributed by atoms with E-state index in [-0.39, 0.29) is 11.8 Å². The van der Waals surface area contributed by atoms with E-state index in [0.717, 1.165) is 16.7 Å². The lowest BCUT2D eigenvalue weighted by Crippen LogP contribution is -2.05. The van der Waals surface area contributed by atoms with Crippen molar-refractivity contribution in [2.75, 3.05) is 0 Å². The third-order valence-corrected chi connectivity index (χ3v) is 2.35. The average Bonchev–Trinajstić information content (AvgIpc) is 2.48. The summed E-state index contributed by atoms with van der Waals surface area (Å²) in [6, 6.07) is 3.55. The van der Waals surface area contributed by atoms with Crippen LogP contribution in [0.5, 0.6) is 5.75 Å². The fourth-order valence-electron chi connectivity index (χ4n) is 1.60. The Hall–Kier alpha value is -1.06. The SMILES string of the molecule is CC(N)c1cc2c(cc1O)COC2. The lowest BCUT2D eigenvalue weighted by atomic mass is 10.0. The van der Waals surface area contributed by atoms with Crippen LogP contribution in [0.3, 0.4) is 0 Å². The first kappa shape index (κ1) is 8.53. The summed E-state index contributed by atoms with van der Waals surface area (Å²) in [5.74, 6) is 0.277. The fraction of sp³-hybridized carbons (Fsp3) is 0.400. The number of nitrogens with two attached hydrogens (primary N) is 1. The second-order valence-electron chi connectivity index (χ2n) is 3.46. The molecule has 0 saturated carbocycles. The number of benzene rings is 1. The number of rotatable bonds is 1. The van der Waals surface area contributed by atoms with Gasteiger partial charge in [-0.05, 0) is 30.2 Å². The maximum absolute atomic E-state index is 9.61. The van der Waals surface area contributed by atoms with Crippen molar-refractivity contribution in [3.05, 3.63) is 28.8 Å². The van der Waals surface area contributed by atoms with Crippen molar-refractivity contribution in [3.8, 4) is 5.75 Å². The van der Waals surface area contributed by atoms with Gasteiger partial charge >= 0.3 is 0 Å². The predicted molar refractivity (Wildman–Crippen MR) is 49.2 cm³/mol. The Morgan fingerprint density at radius 1 is 1.38 bits per heavy atom. The first-order valence-electron chi connectivity index (χ1n) is 4.36. The van der Waals surface area contributed by atoms with Crippen LogP contribution in [-0.2, 0) is 18.0 Å². The third-order valence-electron chi connectivity index (χ3n) is 2.35. The molecule has 2 rings (SSSR count).